The lowest BCUT2D eigenvalue weighted by atomic mass is 9.80. The Morgan fingerprint density at radius 1 is 0.710 bits per heavy atom. The van der Waals surface area contributed by atoms with Crippen molar-refractivity contribution in [3.63, 3.8) is 0 Å². The predicted octanol–water partition coefficient (Wildman–Crippen LogP) is 8.13. The number of carbonyl (C=O) groups is 3. The highest BCUT2D eigenvalue weighted by molar-refractivity contribution is 6.19. The van der Waals surface area contributed by atoms with Crippen LogP contribution in [-0.4, -0.2) is 70.4 Å². The van der Waals surface area contributed by atoms with Gasteiger partial charge in [0.1, 0.15) is 5.75 Å². The zero-order chi connectivity index (χ0) is 42.7. The molecule has 62 heavy (non-hydrogen) atoms. The van der Waals surface area contributed by atoms with E-state index in [-0.39, 0.29) is 34.1 Å². The van der Waals surface area contributed by atoms with Crippen molar-refractivity contribution in [3.8, 4) is 5.75 Å². The summed E-state index contributed by atoms with van der Waals surface area (Å²) in [5.41, 5.74) is 15.4. The maximum Gasteiger partial charge on any atom is 0.204 e. The molecule has 2 spiro atoms. The summed E-state index contributed by atoms with van der Waals surface area (Å²) >= 11 is 12.0. The number of alkyl halides is 2. The molecule has 12 heteroatoms. The van der Waals surface area contributed by atoms with Crippen LogP contribution >= 0.6 is 23.2 Å². The Labute approximate surface area is 369 Å². The van der Waals surface area contributed by atoms with E-state index < -0.39 is 0 Å². The van der Waals surface area contributed by atoms with Gasteiger partial charge in [-0.3, -0.25) is 14.4 Å². The lowest BCUT2D eigenvalue weighted by Gasteiger charge is -2.23. The number of halogens is 2. The van der Waals surface area contributed by atoms with Crippen LogP contribution in [-0.2, 0) is 10.8 Å². The molecule has 10 nitrogen and oxygen atoms in total. The van der Waals surface area contributed by atoms with Crippen molar-refractivity contribution in [2.75, 3.05) is 43.3 Å². The number of piperidine rings is 2. The third-order valence-electron chi connectivity index (χ3n) is 15.0. The highest BCUT2D eigenvalue weighted by Crippen LogP contribution is 2.65. The predicted molar refractivity (Wildman–Crippen MR) is 243 cm³/mol. The molecule has 3 aromatic carbocycles. The van der Waals surface area contributed by atoms with Gasteiger partial charge in [-0.1, -0.05) is 48.5 Å². The SMILES string of the molecule is Cc1c[nH]c2c(O)cc3c(c12)C(CCl)CN3.Cc1c[nH]c2c1C13CC1CNC3=CC2=O.O=C1C=C2NCC(CCl)C2c2ccccc21.O=C1C=C2NCC3CC23c2ccccc21. The molecule has 7 atom stereocenters. The fraction of sp³-hybridized carbons (Fsp3) is 0.340. The molecule has 2 aromatic heterocycles. The number of hydrogen-bond donors (Lipinski definition) is 7. The molecular weight excluding hydrogens is 819 g/mol. The summed E-state index contributed by atoms with van der Waals surface area (Å²) in [6, 6.07) is 17.7. The quantitative estimate of drug-likeness (QED) is 0.0880. The molecule has 14 rings (SSSR count). The van der Waals surface area contributed by atoms with Gasteiger partial charge in [-0.2, -0.15) is 0 Å². The number of carbonyl (C=O) groups excluding carboxylic acids is 3. The molecule has 3 saturated heterocycles. The van der Waals surface area contributed by atoms with Crippen LogP contribution in [0.25, 0.3) is 10.9 Å². The van der Waals surface area contributed by atoms with Crippen LogP contribution in [0.3, 0.4) is 0 Å². The van der Waals surface area contributed by atoms with Crippen molar-refractivity contribution >= 4 is 57.1 Å². The largest absolute Gasteiger partial charge is 0.506 e. The number of H-pyrrole nitrogens is 2. The number of aromatic amines is 2. The van der Waals surface area contributed by atoms with E-state index in [9.17, 15) is 19.5 Å². The van der Waals surface area contributed by atoms with Gasteiger partial charge in [0.2, 0.25) is 5.78 Å². The minimum Gasteiger partial charge on any atom is -0.506 e. The van der Waals surface area contributed by atoms with Crippen molar-refractivity contribution in [1.29, 1.82) is 0 Å². The van der Waals surface area contributed by atoms with Crippen LogP contribution in [0.15, 0.2) is 102 Å². The molecule has 4 aliphatic heterocycles. The number of hydrogen-bond acceptors (Lipinski definition) is 8. The average molecular weight is 868 g/mol. The molecule has 7 N–H and O–H groups in total. The Kier molecular flexibility index (Phi) is 9.11. The first-order valence-corrected chi connectivity index (χ1v) is 22.7. The molecular formula is C50H48Cl2N6O4. The van der Waals surface area contributed by atoms with Gasteiger partial charge in [0.25, 0.3) is 0 Å². The molecule has 316 valence electrons. The van der Waals surface area contributed by atoms with Crippen LogP contribution in [0.4, 0.5) is 5.69 Å². The summed E-state index contributed by atoms with van der Waals surface area (Å²) in [7, 11) is 0. The molecule has 0 bridgehead atoms. The van der Waals surface area contributed by atoms with Crippen molar-refractivity contribution < 1.29 is 19.5 Å². The second kappa shape index (κ2) is 14.4. The highest BCUT2D eigenvalue weighted by Gasteiger charge is 2.65. The van der Waals surface area contributed by atoms with Gasteiger partial charge in [0.05, 0.1) is 11.2 Å². The van der Waals surface area contributed by atoms with E-state index in [2.05, 4.69) is 44.2 Å². The van der Waals surface area contributed by atoms with Gasteiger partial charge in [0.15, 0.2) is 11.6 Å². The van der Waals surface area contributed by atoms with Gasteiger partial charge in [-0.05, 0) is 71.9 Å². The first-order valence-electron chi connectivity index (χ1n) is 21.7. The second-order valence-corrected chi connectivity index (χ2v) is 18.9. The summed E-state index contributed by atoms with van der Waals surface area (Å²) in [6.45, 7) is 7.91. The Morgan fingerprint density at radius 3 is 2.15 bits per heavy atom. The third-order valence-corrected chi connectivity index (χ3v) is 15.7. The molecule has 5 fully saturated rings. The van der Waals surface area contributed by atoms with Crippen LogP contribution in [0.2, 0.25) is 0 Å². The first kappa shape index (κ1) is 39.2. The van der Waals surface area contributed by atoms with E-state index in [1.165, 1.54) is 35.1 Å². The smallest absolute Gasteiger partial charge is 0.204 e. The maximum absolute atomic E-state index is 11.9. The van der Waals surface area contributed by atoms with Crippen molar-refractivity contribution in [2.45, 2.75) is 49.4 Å². The van der Waals surface area contributed by atoms with Crippen molar-refractivity contribution in [2.24, 2.45) is 17.8 Å². The van der Waals surface area contributed by atoms with Gasteiger partial charge in [-0.25, -0.2) is 0 Å². The molecule has 5 aliphatic carbocycles. The number of aromatic hydroxyl groups is 1. The summed E-state index contributed by atoms with van der Waals surface area (Å²) in [5, 5.41) is 24.3. The maximum atomic E-state index is 11.9. The Morgan fingerprint density at radius 2 is 1.39 bits per heavy atom. The molecule has 7 unspecified atom stereocenters. The summed E-state index contributed by atoms with van der Waals surface area (Å²) in [6.07, 6.45) is 11.6. The van der Waals surface area contributed by atoms with Gasteiger partial charge >= 0.3 is 0 Å². The molecule has 2 saturated carbocycles. The van der Waals surface area contributed by atoms with Crippen LogP contribution in [0.1, 0.15) is 89.3 Å². The number of aromatic nitrogens is 2. The Hall–Kier alpha value is -5.71. The molecule has 5 aromatic rings. The van der Waals surface area contributed by atoms with E-state index in [1.54, 1.807) is 24.3 Å². The van der Waals surface area contributed by atoms with Crippen LogP contribution in [0.5, 0.6) is 5.75 Å². The Bertz CT molecular complexity index is 2850. The number of rotatable bonds is 2. The van der Waals surface area contributed by atoms with Crippen LogP contribution in [0, 0.1) is 31.6 Å². The zero-order valence-corrected chi connectivity index (χ0v) is 36.1. The topological polar surface area (TPSA) is 151 Å². The van der Waals surface area contributed by atoms with Gasteiger partial charge in [-0.15, -0.1) is 23.2 Å². The standard InChI is InChI=1S/C13H12ClNO.C13H11NO.C12H13ClN2O.C12H12N2O/c14-6-8-7-15-11-5-12(16)9-3-1-2-4-10(9)13(8)11;15-11-5-12-13(6-8(13)7-14-12)10-4-2-1-3-9(10)11;1-6-4-15-12-9(16)2-8-11(10(6)12)7(3-13)5-14-8;1-6-4-14-11-8(15)2-9-12(10(6)11)3-7(12)5-13-9/h1-5,8,13,15H,6-7H2;1-5,8,14H,6-7H2;2,4,7,14-16H,3,5H2,1H3;2,4,7,13-14H,3,5H2,1H3. The van der Waals surface area contributed by atoms with Gasteiger partial charge < -0.3 is 36.3 Å². The fourth-order valence-electron chi connectivity index (χ4n) is 11.8. The number of phenols is 1. The van der Waals surface area contributed by atoms with E-state index in [1.807, 2.05) is 61.8 Å². The van der Waals surface area contributed by atoms with E-state index in [0.717, 1.165) is 93.7 Å². The Balaban J connectivity index is 0.0000000929. The highest BCUT2D eigenvalue weighted by atomic mass is 35.5. The average Bonchev–Trinajstić information content (AvgIpc) is 3.63. The number of fused-ring (bicyclic) bond motifs is 8. The lowest BCUT2D eigenvalue weighted by Crippen LogP contribution is -2.25. The fourth-order valence-corrected chi connectivity index (χ4v) is 12.4. The second-order valence-electron chi connectivity index (χ2n) is 18.3. The molecule has 0 radical (unpaired) electrons. The van der Waals surface area contributed by atoms with Gasteiger partial charge in [0, 0.05) is 143 Å². The van der Waals surface area contributed by atoms with Crippen molar-refractivity contribution in [1.82, 2.24) is 25.9 Å². The monoisotopic (exact) mass is 866 g/mol. The minimum absolute atomic E-state index is 0.101. The summed E-state index contributed by atoms with van der Waals surface area (Å²) < 4.78 is 0. The number of ketones is 3. The molecule has 0 amide bonds. The number of anilines is 1. The molecule has 6 heterocycles. The number of allylic oxidation sites excluding steroid dienone is 6. The summed E-state index contributed by atoms with van der Waals surface area (Å²) in [4.78, 5) is 41.8. The van der Waals surface area contributed by atoms with E-state index in [4.69, 9.17) is 23.2 Å². The first-order chi connectivity index (χ1) is 30.1. The van der Waals surface area contributed by atoms with E-state index in [0.29, 0.717) is 35.3 Å². The minimum atomic E-state index is 0.101. The van der Waals surface area contributed by atoms with Crippen molar-refractivity contribution in [3.05, 3.63) is 153 Å². The third kappa shape index (κ3) is 5.71. The number of nitrogens with one attached hydrogen (secondary N) is 6. The lowest BCUT2D eigenvalue weighted by molar-refractivity contribution is 0.103. The summed E-state index contributed by atoms with van der Waals surface area (Å²) in [5.74, 6) is 4.34. The normalized spacial score (nSPS) is 28.7. The van der Waals surface area contributed by atoms with E-state index >= 15 is 0 Å². The molecule has 9 aliphatic rings. The number of aryl methyl sites for hydroxylation is 2. The number of benzene rings is 3. The number of phenolic OH excluding ortho intramolecular Hbond substituents is 1. The zero-order valence-electron chi connectivity index (χ0n) is 34.6. The van der Waals surface area contributed by atoms with Crippen LogP contribution < -0.4 is 21.3 Å².